The fourth-order valence-corrected chi connectivity index (χ4v) is 0.397. The molecule has 0 rings (SSSR count). The van der Waals surface area contributed by atoms with Gasteiger partial charge in [-0.05, 0) is 0 Å². The predicted molar refractivity (Wildman–Crippen MR) is 34.1 cm³/mol. The van der Waals surface area contributed by atoms with Crippen LogP contribution in [-0.4, -0.2) is 62.0 Å². The van der Waals surface area contributed by atoms with E-state index in [-0.39, 0.29) is 18.3 Å². The summed E-state index contributed by atoms with van der Waals surface area (Å²) < 4.78 is 120. The third-order valence-electron chi connectivity index (χ3n) is 0.167. The molecule has 0 aromatic carbocycles. The van der Waals surface area contributed by atoms with Gasteiger partial charge in [-0.3, -0.25) is 8.92 Å². The summed E-state index contributed by atoms with van der Waals surface area (Å²) in [6.45, 7) is 0. The van der Waals surface area contributed by atoms with Crippen LogP contribution >= 0.6 is 0 Å². The second kappa shape index (κ2) is 127. The number of rotatable bonds is 4. The number of hydrogen-bond acceptors (Lipinski definition) is 15. The molecule has 0 aliphatic rings. The Kier molecular flexibility index (Phi) is 259. The van der Waals surface area contributed by atoms with Crippen LogP contribution in [0.3, 0.4) is 0 Å². The molecule has 0 unspecified atom stereocenters. The molecule has 0 saturated heterocycles. The van der Waals surface area contributed by atoms with Crippen molar-refractivity contribution in [2.75, 3.05) is 0 Å². The summed E-state index contributed by atoms with van der Waals surface area (Å²) in [4.78, 5) is 0. The quantitative estimate of drug-likeness (QED) is 0.260. The van der Waals surface area contributed by atoms with E-state index in [9.17, 15) is 15.2 Å². The Morgan fingerprint density at radius 3 is 1.16 bits per heavy atom. The summed E-state index contributed by atoms with van der Waals surface area (Å²) in [6, 6.07) is 0. The SMILES string of the molecule is O=[Si]=O.[O]=[Al][O][Al]=[O].[O]=[Co].[O]=[Cr][O][Cr]=[O].[O]=[Mg].[O]=[Ti]=[O].[O]=[Zn].[O]=[Zr]=[O]. The zero-order valence-electron chi connectivity index (χ0n) is 11.3. The molecule has 0 radical (unpaired) electrons. The minimum absolute atomic E-state index is 0.125. The van der Waals surface area contributed by atoms with Crippen molar-refractivity contribution in [3.8, 4) is 0 Å². The first-order valence-corrected chi connectivity index (χ1v) is 13.8. The third kappa shape index (κ3) is 344. The van der Waals surface area contributed by atoms with Crippen molar-refractivity contribution in [3.63, 3.8) is 0 Å². The van der Waals surface area contributed by atoms with Gasteiger partial charge in [-0.15, -0.1) is 0 Å². The van der Waals surface area contributed by atoms with E-state index in [1.807, 2.05) is 0 Å². The summed E-state index contributed by atoms with van der Waals surface area (Å²) in [7, 11) is -1.42. The average molecular weight is 714 g/mol. The monoisotopic (exact) mass is 710 g/mol. The molecule has 0 bridgehead atoms. The van der Waals surface area contributed by atoms with Gasteiger partial charge in [0.25, 0.3) is 0 Å². The molecule has 0 atom stereocenters. The van der Waals surface area contributed by atoms with Crippen LogP contribution in [0.4, 0.5) is 0 Å². The van der Waals surface area contributed by atoms with Gasteiger partial charge in [0, 0.05) is 0 Å². The molecule has 0 aliphatic carbocycles. The molecule has 0 aromatic heterocycles. The molecule has 0 spiro atoms. The van der Waals surface area contributed by atoms with Crippen molar-refractivity contribution in [1.29, 1.82) is 0 Å². The van der Waals surface area contributed by atoms with Gasteiger partial charge in [0.15, 0.2) is 0 Å². The molecule has 133 valence electrons. The topological polar surface area (TPSA) is 240 Å². The maximum absolute atomic E-state index is 9.21. The van der Waals surface area contributed by atoms with Gasteiger partial charge in [-0.2, -0.15) is 0 Å². The molecule has 25 heteroatoms. The molecule has 0 aromatic rings. The van der Waals surface area contributed by atoms with Crippen LogP contribution in [0.1, 0.15) is 0 Å². The van der Waals surface area contributed by atoms with Gasteiger partial charge < -0.3 is 0 Å². The number of hydrogen-bond donors (Lipinski definition) is 0. The van der Waals surface area contributed by atoms with E-state index in [1.165, 1.54) is 0 Å². The Morgan fingerprint density at radius 1 is 1.00 bits per heavy atom. The fourth-order valence-electron chi connectivity index (χ4n) is 0.0340. The van der Waals surface area contributed by atoms with Crippen LogP contribution < -0.4 is 0 Å². The summed E-state index contributed by atoms with van der Waals surface area (Å²) in [5.41, 5.74) is 0. The standard InChI is InChI=1S/2Al.Co.2Cr.Mg.O2Si.13O.Ti.Zn.Zr/c;;;;;;1-3-2;;;;;;;;;;;;;;;;. The third-order valence-corrected chi connectivity index (χ3v) is 1.94. The normalized spacial score (nSPS) is 3.72. The van der Waals surface area contributed by atoms with Gasteiger partial charge >= 0.3 is 213 Å². The summed E-state index contributed by atoms with van der Waals surface area (Å²) in [6.07, 6.45) is 0. The van der Waals surface area contributed by atoms with E-state index in [1.54, 1.807) is 0 Å². The molecule has 0 heterocycles. The van der Waals surface area contributed by atoms with E-state index in [0.29, 0.717) is 21.7 Å². The van der Waals surface area contributed by atoms with Crippen molar-refractivity contribution in [3.05, 3.63) is 0 Å². The second-order valence-corrected chi connectivity index (χ2v) is 4.61. The zero-order valence-corrected chi connectivity index (χ0v) is 26.6. The Bertz CT molecular complexity index is 315. The van der Waals surface area contributed by atoms with E-state index >= 15 is 0 Å². The van der Waals surface area contributed by atoms with E-state index in [0.717, 1.165) is 0 Å². The average Bonchev–Trinajstić information content (AvgIpc) is 2.64. The molecule has 25 heavy (non-hydrogen) atoms. The minimum atomic E-state index is -2.27. The first-order chi connectivity index (χ1) is 12.1. The van der Waals surface area contributed by atoms with Gasteiger partial charge in [-0.25, -0.2) is 0 Å². The van der Waals surface area contributed by atoms with Gasteiger partial charge in [-0.1, -0.05) is 0 Å². The molecule has 0 saturated carbocycles. The molecule has 0 aliphatic heterocycles. The molecular weight excluding hydrogens is 714 g/mol. The van der Waals surface area contributed by atoms with Gasteiger partial charge in [0.2, 0.25) is 0 Å². The van der Waals surface area contributed by atoms with Crippen molar-refractivity contribution < 1.29 is 160 Å². The predicted octanol–water partition coefficient (Wildman–Crippen LogP) is -3.22. The van der Waals surface area contributed by atoms with Crippen LogP contribution in [0.5, 0.6) is 0 Å². The molecule has 0 fully saturated rings. The van der Waals surface area contributed by atoms with Crippen LogP contribution in [0.15, 0.2) is 0 Å². The Morgan fingerprint density at radius 2 is 1.16 bits per heavy atom. The zero-order chi connectivity index (χ0) is 22.4. The summed E-state index contributed by atoms with van der Waals surface area (Å²) in [5, 5.41) is 0. The van der Waals surface area contributed by atoms with Crippen LogP contribution in [0.25, 0.3) is 0 Å². The van der Waals surface area contributed by atoms with E-state index in [2.05, 4.69) is 21.3 Å². The fraction of sp³-hybridized carbons (Fsp3) is 0. The van der Waals surface area contributed by atoms with Crippen molar-refractivity contribution in [1.82, 2.24) is 0 Å². The summed E-state index contributed by atoms with van der Waals surface area (Å²) >= 11 is -5.92. The molecular formula is Al2CoCr2MgO15SiTiZnZr. The van der Waals surface area contributed by atoms with E-state index < -0.39 is 114 Å². The van der Waals surface area contributed by atoms with E-state index in [4.69, 9.17) is 31.8 Å². The Balaban J connectivity index is -0.0000000228. The molecule has 0 N–H and O–H groups in total. The Hall–Kier alpha value is 3.00. The van der Waals surface area contributed by atoms with Crippen LogP contribution in [0, 0.1) is 0 Å². The Labute approximate surface area is 218 Å². The first kappa shape index (κ1) is 51.0. The maximum atomic E-state index is 9.21. The second-order valence-electron chi connectivity index (χ2n) is 0.783. The first-order valence-electron chi connectivity index (χ1n) is 3.55. The summed E-state index contributed by atoms with van der Waals surface area (Å²) in [5.74, 6) is 0. The van der Waals surface area contributed by atoms with Crippen molar-refractivity contribution >= 4 is 62.0 Å². The van der Waals surface area contributed by atoms with Crippen molar-refractivity contribution in [2.24, 2.45) is 0 Å². The van der Waals surface area contributed by atoms with Crippen LogP contribution in [-0.2, 0) is 160 Å². The van der Waals surface area contributed by atoms with Crippen molar-refractivity contribution in [2.45, 2.75) is 0 Å². The molecule has 0 amide bonds. The van der Waals surface area contributed by atoms with Gasteiger partial charge in [0.05, 0.1) is 0 Å². The molecule has 15 nitrogen and oxygen atoms in total. The van der Waals surface area contributed by atoms with Crippen LogP contribution in [0.2, 0.25) is 0 Å². The van der Waals surface area contributed by atoms with Gasteiger partial charge in [0.1, 0.15) is 0 Å².